The molecule has 1 aliphatic rings. The average Bonchev–Trinajstić information content (AvgIpc) is 2.90. The Morgan fingerprint density at radius 3 is 2.81 bits per heavy atom. The van der Waals surface area contributed by atoms with Crippen molar-refractivity contribution in [2.75, 3.05) is 13.2 Å². The molecule has 0 fully saturated rings. The zero-order valence-corrected chi connectivity index (χ0v) is 12.0. The highest BCUT2D eigenvalue weighted by Gasteiger charge is 2.24. The lowest BCUT2D eigenvalue weighted by Crippen LogP contribution is -2.33. The number of fused-ring (bicyclic) bond motifs is 1. The molecular formula is C16H14ClNO3. The van der Waals surface area contributed by atoms with Gasteiger partial charge in [-0.3, -0.25) is 4.79 Å². The predicted molar refractivity (Wildman–Crippen MR) is 79.8 cm³/mol. The van der Waals surface area contributed by atoms with Crippen LogP contribution in [0.15, 0.2) is 48.5 Å². The molecule has 0 saturated carbocycles. The highest BCUT2D eigenvalue weighted by molar-refractivity contribution is 6.30. The number of para-hydroxylation sites is 1. The molecule has 0 spiro atoms. The third-order valence-electron chi connectivity index (χ3n) is 3.22. The highest BCUT2D eigenvalue weighted by atomic mass is 35.5. The zero-order valence-electron chi connectivity index (χ0n) is 11.2. The van der Waals surface area contributed by atoms with E-state index in [0.717, 1.165) is 11.3 Å². The number of carbonyl (C=O) groups is 1. The first-order valence-electron chi connectivity index (χ1n) is 6.62. The molecule has 2 aromatic carbocycles. The summed E-state index contributed by atoms with van der Waals surface area (Å²) in [7, 11) is 0. The Bertz CT molecular complexity index is 642. The quantitative estimate of drug-likeness (QED) is 0.944. The molecular weight excluding hydrogens is 290 g/mol. The second kappa shape index (κ2) is 6.06. The van der Waals surface area contributed by atoms with Crippen LogP contribution >= 0.6 is 11.6 Å². The van der Waals surface area contributed by atoms with E-state index in [0.29, 0.717) is 17.4 Å². The van der Waals surface area contributed by atoms with Crippen molar-refractivity contribution in [1.82, 2.24) is 5.32 Å². The first kappa shape index (κ1) is 13.8. The molecule has 2 aromatic rings. The van der Waals surface area contributed by atoms with Crippen molar-refractivity contribution in [3.05, 3.63) is 59.1 Å². The van der Waals surface area contributed by atoms with Gasteiger partial charge < -0.3 is 14.8 Å². The molecule has 4 nitrogen and oxygen atoms in total. The van der Waals surface area contributed by atoms with Gasteiger partial charge in [-0.2, -0.15) is 0 Å². The van der Waals surface area contributed by atoms with Crippen LogP contribution in [0.3, 0.4) is 0 Å². The maximum atomic E-state index is 11.9. The van der Waals surface area contributed by atoms with E-state index in [4.69, 9.17) is 21.1 Å². The second-order valence-corrected chi connectivity index (χ2v) is 5.15. The molecule has 0 aliphatic carbocycles. The molecule has 1 unspecified atom stereocenters. The molecule has 5 heteroatoms. The normalized spacial score (nSPS) is 16.0. The van der Waals surface area contributed by atoms with Gasteiger partial charge in [-0.1, -0.05) is 29.8 Å². The van der Waals surface area contributed by atoms with Crippen molar-refractivity contribution in [3.63, 3.8) is 0 Å². The molecule has 1 aliphatic heterocycles. The van der Waals surface area contributed by atoms with Crippen molar-refractivity contribution < 1.29 is 14.3 Å². The maximum absolute atomic E-state index is 11.9. The molecule has 0 radical (unpaired) electrons. The Morgan fingerprint density at radius 1 is 1.24 bits per heavy atom. The van der Waals surface area contributed by atoms with Crippen LogP contribution < -0.4 is 14.8 Å². The number of hydrogen-bond donors (Lipinski definition) is 1. The van der Waals surface area contributed by atoms with Crippen molar-refractivity contribution in [1.29, 1.82) is 0 Å². The Morgan fingerprint density at radius 2 is 2.00 bits per heavy atom. The zero-order chi connectivity index (χ0) is 14.7. The fraction of sp³-hybridized carbons (Fsp3) is 0.188. The molecule has 0 saturated heterocycles. The minimum Gasteiger partial charge on any atom is -0.491 e. The van der Waals surface area contributed by atoms with E-state index in [1.807, 2.05) is 24.3 Å². The summed E-state index contributed by atoms with van der Waals surface area (Å²) in [6.07, 6.45) is 0. The van der Waals surface area contributed by atoms with Gasteiger partial charge in [-0.15, -0.1) is 0 Å². The smallest absolute Gasteiger partial charge is 0.258 e. The average molecular weight is 304 g/mol. The monoisotopic (exact) mass is 303 g/mol. The van der Waals surface area contributed by atoms with Crippen molar-refractivity contribution in [2.24, 2.45) is 0 Å². The Hall–Kier alpha value is -2.20. The number of ether oxygens (including phenoxy) is 2. The Labute approximate surface area is 127 Å². The number of carbonyl (C=O) groups excluding carboxylic acids is 1. The van der Waals surface area contributed by atoms with E-state index in [1.165, 1.54) is 0 Å². The van der Waals surface area contributed by atoms with E-state index in [-0.39, 0.29) is 18.6 Å². The maximum Gasteiger partial charge on any atom is 0.258 e. The van der Waals surface area contributed by atoms with Crippen LogP contribution in [-0.4, -0.2) is 19.1 Å². The summed E-state index contributed by atoms with van der Waals surface area (Å²) in [5, 5.41) is 3.53. The molecule has 1 N–H and O–H groups in total. The summed E-state index contributed by atoms with van der Waals surface area (Å²) in [5.74, 6) is 1.24. The lowest BCUT2D eigenvalue weighted by molar-refractivity contribution is -0.123. The first-order chi connectivity index (χ1) is 10.2. The van der Waals surface area contributed by atoms with Crippen LogP contribution in [-0.2, 0) is 4.79 Å². The second-order valence-electron chi connectivity index (χ2n) is 4.71. The minimum atomic E-state index is -0.185. The number of nitrogens with one attached hydrogen (secondary N) is 1. The van der Waals surface area contributed by atoms with Crippen LogP contribution in [0.1, 0.15) is 11.6 Å². The van der Waals surface area contributed by atoms with Gasteiger partial charge in [0.1, 0.15) is 18.1 Å². The van der Waals surface area contributed by atoms with E-state index in [1.54, 1.807) is 24.3 Å². The Balaban J connectivity index is 1.54. The van der Waals surface area contributed by atoms with Crippen LogP contribution in [0.4, 0.5) is 0 Å². The highest BCUT2D eigenvalue weighted by Crippen LogP contribution is 2.31. The van der Waals surface area contributed by atoms with E-state index in [9.17, 15) is 4.79 Å². The van der Waals surface area contributed by atoms with Gasteiger partial charge in [0.25, 0.3) is 5.91 Å². The van der Waals surface area contributed by atoms with Gasteiger partial charge in [0.15, 0.2) is 6.61 Å². The summed E-state index contributed by atoms with van der Waals surface area (Å²) < 4.78 is 10.9. The van der Waals surface area contributed by atoms with Gasteiger partial charge in [0.2, 0.25) is 0 Å². The van der Waals surface area contributed by atoms with E-state index >= 15 is 0 Å². The summed E-state index contributed by atoms with van der Waals surface area (Å²) in [5.41, 5.74) is 0.998. The number of hydrogen-bond acceptors (Lipinski definition) is 3. The van der Waals surface area contributed by atoms with Gasteiger partial charge >= 0.3 is 0 Å². The largest absolute Gasteiger partial charge is 0.491 e. The van der Waals surface area contributed by atoms with Gasteiger partial charge in [-0.25, -0.2) is 0 Å². The number of rotatable bonds is 4. The van der Waals surface area contributed by atoms with Crippen LogP contribution in [0.5, 0.6) is 11.5 Å². The number of halogens is 1. The van der Waals surface area contributed by atoms with Crippen molar-refractivity contribution >= 4 is 17.5 Å². The number of benzene rings is 2. The van der Waals surface area contributed by atoms with E-state index in [2.05, 4.69) is 5.32 Å². The minimum absolute atomic E-state index is 0.0414. The molecule has 21 heavy (non-hydrogen) atoms. The van der Waals surface area contributed by atoms with Gasteiger partial charge in [-0.05, 0) is 30.3 Å². The fourth-order valence-corrected chi connectivity index (χ4v) is 2.32. The molecule has 1 atom stereocenters. The summed E-state index contributed by atoms with van der Waals surface area (Å²) in [6.45, 7) is 0.409. The topological polar surface area (TPSA) is 47.6 Å². The first-order valence-corrected chi connectivity index (χ1v) is 6.99. The van der Waals surface area contributed by atoms with Crippen molar-refractivity contribution in [3.8, 4) is 11.5 Å². The summed E-state index contributed by atoms with van der Waals surface area (Å²) in [6, 6.07) is 14.4. The molecule has 0 aromatic heterocycles. The standard InChI is InChI=1S/C16H14ClNO3/c17-11-5-7-12(8-6-11)20-10-16(19)18-14-9-21-15-4-2-1-3-13(14)15/h1-8,14H,9-10H2,(H,18,19). The van der Waals surface area contributed by atoms with E-state index < -0.39 is 0 Å². The fourth-order valence-electron chi connectivity index (χ4n) is 2.20. The predicted octanol–water partition coefficient (Wildman–Crippen LogP) is 2.97. The third-order valence-corrected chi connectivity index (χ3v) is 3.47. The summed E-state index contributed by atoms with van der Waals surface area (Å²) in [4.78, 5) is 11.9. The lowest BCUT2D eigenvalue weighted by Gasteiger charge is -2.12. The SMILES string of the molecule is O=C(COc1ccc(Cl)cc1)NC1COc2ccccc21. The van der Waals surface area contributed by atoms with Crippen LogP contribution in [0.25, 0.3) is 0 Å². The molecule has 0 bridgehead atoms. The lowest BCUT2D eigenvalue weighted by atomic mass is 10.1. The third kappa shape index (κ3) is 3.28. The number of amides is 1. The summed E-state index contributed by atoms with van der Waals surface area (Å²) >= 11 is 5.79. The van der Waals surface area contributed by atoms with Crippen molar-refractivity contribution in [2.45, 2.75) is 6.04 Å². The molecule has 1 amide bonds. The van der Waals surface area contributed by atoms with Crippen LogP contribution in [0.2, 0.25) is 5.02 Å². The van der Waals surface area contributed by atoms with Crippen LogP contribution in [0, 0.1) is 0 Å². The van der Waals surface area contributed by atoms with Gasteiger partial charge in [0, 0.05) is 10.6 Å². The van der Waals surface area contributed by atoms with Gasteiger partial charge in [0.05, 0.1) is 6.04 Å². The molecule has 1 heterocycles. The molecule has 3 rings (SSSR count). The molecule has 108 valence electrons. The Kier molecular flexibility index (Phi) is 3.97.